The molecular formula is C15H18N4. The van der Waals surface area contributed by atoms with Gasteiger partial charge in [0.2, 0.25) is 0 Å². The van der Waals surface area contributed by atoms with Crippen LogP contribution < -0.4 is 11.1 Å². The molecule has 0 atom stereocenters. The fraction of sp³-hybridized carbons (Fsp3) is 0.200. The summed E-state index contributed by atoms with van der Waals surface area (Å²) in [5.41, 5.74) is 10.3. The van der Waals surface area contributed by atoms with Gasteiger partial charge in [-0.2, -0.15) is 0 Å². The Kier molecular flexibility index (Phi) is 4.13. The van der Waals surface area contributed by atoms with Gasteiger partial charge in [-0.3, -0.25) is 4.98 Å². The molecule has 0 saturated heterocycles. The first-order valence-electron chi connectivity index (χ1n) is 6.17. The molecule has 0 unspecified atom stereocenters. The van der Waals surface area contributed by atoms with Crippen molar-refractivity contribution in [3.05, 3.63) is 59.4 Å². The minimum absolute atomic E-state index is 0.411. The Balaban J connectivity index is 2.02. The zero-order valence-electron chi connectivity index (χ0n) is 11.2. The van der Waals surface area contributed by atoms with Gasteiger partial charge in [0.1, 0.15) is 0 Å². The number of rotatable bonds is 3. The van der Waals surface area contributed by atoms with Crippen LogP contribution >= 0.6 is 0 Å². The number of nitrogens with two attached hydrogens (primary N) is 1. The van der Waals surface area contributed by atoms with E-state index in [1.54, 1.807) is 12.4 Å². The van der Waals surface area contributed by atoms with E-state index in [9.17, 15) is 0 Å². The van der Waals surface area contributed by atoms with Gasteiger partial charge in [-0.15, -0.1) is 0 Å². The Labute approximate surface area is 113 Å². The Hall–Kier alpha value is -2.36. The molecule has 0 amide bonds. The molecule has 0 aliphatic rings. The molecule has 4 nitrogen and oxygen atoms in total. The predicted octanol–water partition coefficient (Wildman–Crippen LogP) is 2.63. The highest BCUT2D eigenvalue weighted by Gasteiger charge is 1.98. The van der Waals surface area contributed by atoms with E-state index in [0.717, 1.165) is 11.3 Å². The summed E-state index contributed by atoms with van der Waals surface area (Å²) < 4.78 is 0. The normalized spacial score (nSPS) is 11.4. The van der Waals surface area contributed by atoms with Crippen LogP contribution in [0, 0.1) is 13.8 Å². The lowest BCUT2D eigenvalue weighted by Crippen LogP contribution is -2.22. The van der Waals surface area contributed by atoms with E-state index in [1.165, 1.54) is 11.1 Å². The van der Waals surface area contributed by atoms with Gasteiger partial charge in [0.25, 0.3) is 0 Å². The first-order valence-corrected chi connectivity index (χ1v) is 6.17. The number of guanidine groups is 1. The summed E-state index contributed by atoms with van der Waals surface area (Å²) in [5, 5.41) is 3.10. The fourth-order valence-electron chi connectivity index (χ4n) is 1.90. The first kappa shape index (κ1) is 13.1. The van der Waals surface area contributed by atoms with Crippen molar-refractivity contribution in [3.63, 3.8) is 0 Å². The lowest BCUT2D eigenvalue weighted by Gasteiger charge is -2.08. The van der Waals surface area contributed by atoms with Crippen LogP contribution in [0.15, 0.2) is 47.7 Å². The standard InChI is InChI=1S/C15H18N4/c1-11-6-12(2)8-14(7-11)19-15(16)18-10-13-4-3-5-17-9-13/h3-9H,10H2,1-2H3,(H3,16,18,19). The highest BCUT2D eigenvalue weighted by atomic mass is 15.1. The number of aromatic nitrogens is 1. The van der Waals surface area contributed by atoms with Gasteiger partial charge >= 0.3 is 0 Å². The molecule has 4 heteroatoms. The van der Waals surface area contributed by atoms with Gasteiger partial charge in [0.15, 0.2) is 5.96 Å². The molecule has 1 aromatic carbocycles. The van der Waals surface area contributed by atoms with Gasteiger partial charge in [0.05, 0.1) is 6.54 Å². The second-order valence-electron chi connectivity index (χ2n) is 4.56. The van der Waals surface area contributed by atoms with E-state index in [4.69, 9.17) is 5.73 Å². The molecule has 0 saturated carbocycles. The van der Waals surface area contributed by atoms with Gasteiger partial charge in [-0.05, 0) is 48.7 Å². The van der Waals surface area contributed by atoms with Crippen molar-refractivity contribution in [1.82, 2.24) is 4.98 Å². The average Bonchev–Trinajstić information content (AvgIpc) is 2.36. The molecule has 2 rings (SSSR count). The summed E-state index contributed by atoms with van der Waals surface area (Å²) in [5.74, 6) is 0.411. The van der Waals surface area contributed by atoms with Gasteiger partial charge < -0.3 is 11.1 Å². The minimum Gasteiger partial charge on any atom is -0.370 e. The van der Waals surface area contributed by atoms with E-state index in [-0.39, 0.29) is 0 Å². The van der Waals surface area contributed by atoms with Gasteiger partial charge in [-0.1, -0.05) is 12.1 Å². The van der Waals surface area contributed by atoms with E-state index < -0.39 is 0 Å². The maximum Gasteiger partial charge on any atom is 0.193 e. The van der Waals surface area contributed by atoms with Crippen LogP contribution in [0.3, 0.4) is 0 Å². The summed E-state index contributed by atoms with van der Waals surface area (Å²) in [6.45, 7) is 4.64. The average molecular weight is 254 g/mol. The van der Waals surface area contributed by atoms with Crippen molar-refractivity contribution >= 4 is 11.6 Å². The molecule has 0 fully saturated rings. The van der Waals surface area contributed by atoms with E-state index >= 15 is 0 Å². The monoisotopic (exact) mass is 254 g/mol. The second kappa shape index (κ2) is 6.00. The molecule has 98 valence electrons. The largest absolute Gasteiger partial charge is 0.370 e. The molecule has 0 bridgehead atoms. The Morgan fingerprint density at radius 3 is 2.63 bits per heavy atom. The molecule has 0 aliphatic carbocycles. The Morgan fingerprint density at radius 1 is 1.26 bits per heavy atom. The molecule has 0 spiro atoms. The van der Waals surface area contributed by atoms with Crippen LogP contribution in [0.1, 0.15) is 16.7 Å². The molecule has 1 heterocycles. The summed E-state index contributed by atoms with van der Waals surface area (Å²) >= 11 is 0. The van der Waals surface area contributed by atoms with Crippen LogP contribution in [0.4, 0.5) is 5.69 Å². The predicted molar refractivity (Wildman–Crippen MR) is 79.1 cm³/mol. The molecule has 0 radical (unpaired) electrons. The van der Waals surface area contributed by atoms with Crippen LogP contribution in [0.5, 0.6) is 0 Å². The third-order valence-electron chi connectivity index (χ3n) is 2.65. The quantitative estimate of drug-likeness (QED) is 0.653. The Morgan fingerprint density at radius 2 is 2.00 bits per heavy atom. The topological polar surface area (TPSA) is 63.3 Å². The number of hydrogen-bond acceptors (Lipinski definition) is 2. The third kappa shape index (κ3) is 4.10. The SMILES string of the molecule is Cc1cc(C)cc(NC(N)=NCc2cccnc2)c1. The van der Waals surface area contributed by atoms with E-state index in [0.29, 0.717) is 12.5 Å². The lowest BCUT2D eigenvalue weighted by molar-refractivity contribution is 1.04. The molecule has 3 N–H and O–H groups in total. The van der Waals surface area contributed by atoms with Crippen molar-refractivity contribution in [1.29, 1.82) is 0 Å². The molecule has 19 heavy (non-hydrogen) atoms. The smallest absolute Gasteiger partial charge is 0.193 e. The zero-order chi connectivity index (χ0) is 13.7. The summed E-state index contributed by atoms with van der Waals surface area (Å²) in [6, 6.07) is 10.1. The summed E-state index contributed by atoms with van der Waals surface area (Å²) in [4.78, 5) is 8.33. The van der Waals surface area contributed by atoms with Crippen molar-refractivity contribution in [2.24, 2.45) is 10.7 Å². The fourth-order valence-corrected chi connectivity index (χ4v) is 1.90. The highest BCUT2D eigenvalue weighted by molar-refractivity contribution is 5.92. The number of nitrogens with zero attached hydrogens (tertiary/aromatic N) is 2. The number of hydrogen-bond donors (Lipinski definition) is 2. The minimum atomic E-state index is 0.411. The number of nitrogens with one attached hydrogen (secondary N) is 1. The number of benzene rings is 1. The van der Waals surface area contributed by atoms with Crippen molar-refractivity contribution < 1.29 is 0 Å². The van der Waals surface area contributed by atoms with Crippen molar-refractivity contribution in [2.45, 2.75) is 20.4 Å². The highest BCUT2D eigenvalue weighted by Crippen LogP contribution is 2.13. The van der Waals surface area contributed by atoms with Crippen molar-refractivity contribution in [3.8, 4) is 0 Å². The van der Waals surface area contributed by atoms with E-state index in [1.807, 2.05) is 24.3 Å². The molecule has 0 aliphatic heterocycles. The molecule has 1 aromatic heterocycles. The first-order chi connectivity index (χ1) is 9.13. The zero-order valence-corrected chi connectivity index (χ0v) is 11.2. The maximum atomic E-state index is 5.87. The van der Waals surface area contributed by atoms with Crippen LogP contribution in [0.2, 0.25) is 0 Å². The Bertz CT molecular complexity index is 556. The summed E-state index contributed by atoms with van der Waals surface area (Å²) in [7, 11) is 0. The van der Waals surface area contributed by atoms with Crippen molar-refractivity contribution in [2.75, 3.05) is 5.32 Å². The number of anilines is 1. The number of pyridine rings is 1. The van der Waals surface area contributed by atoms with Gasteiger partial charge in [-0.25, -0.2) is 4.99 Å². The van der Waals surface area contributed by atoms with Crippen LogP contribution in [0.25, 0.3) is 0 Å². The lowest BCUT2D eigenvalue weighted by atomic mass is 10.1. The molecule has 2 aromatic rings. The van der Waals surface area contributed by atoms with Crippen LogP contribution in [-0.4, -0.2) is 10.9 Å². The summed E-state index contributed by atoms with van der Waals surface area (Å²) in [6.07, 6.45) is 3.53. The van der Waals surface area contributed by atoms with E-state index in [2.05, 4.69) is 35.2 Å². The third-order valence-corrected chi connectivity index (χ3v) is 2.65. The molecular weight excluding hydrogens is 236 g/mol. The number of aliphatic imine (C=N–C) groups is 1. The maximum absolute atomic E-state index is 5.87. The second-order valence-corrected chi connectivity index (χ2v) is 4.56. The number of aryl methyl sites for hydroxylation is 2. The van der Waals surface area contributed by atoms with Gasteiger partial charge in [0, 0.05) is 18.1 Å². The van der Waals surface area contributed by atoms with Crippen LogP contribution in [-0.2, 0) is 6.54 Å².